The number of rotatable bonds is 9. The molecule has 14 heteroatoms. The van der Waals surface area contributed by atoms with Crippen LogP contribution in [0.4, 0.5) is 17.1 Å². The van der Waals surface area contributed by atoms with Crippen LogP contribution in [0.5, 0.6) is 5.75 Å². The van der Waals surface area contributed by atoms with E-state index in [4.69, 9.17) is 5.73 Å². The lowest BCUT2D eigenvalue weighted by molar-refractivity contribution is -0.142. The van der Waals surface area contributed by atoms with Crippen LogP contribution in [0.15, 0.2) is 73.8 Å². The fourth-order valence-corrected chi connectivity index (χ4v) is 5.75. The Morgan fingerprint density at radius 1 is 0.660 bits per heavy atom. The summed E-state index contributed by atoms with van der Waals surface area (Å²) in [5, 5.41) is 23.6. The van der Waals surface area contributed by atoms with Crippen LogP contribution in [0.1, 0.15) is 50.1 Å². The van der Waals surface area contributed by atoms with E-state index < -0.39 is 63.9 Å². The number of carbonyl (C=O) groups is 3. The summed E-state index contributed by atoms with van der Waals surface area (Å²) >= 11 is 0. The normalized spacial score (nSPS) is 12.9. The maximum absolute atomic E-state index is 13.7. The van der Waals surface area contributed by atoms with Crippen molar-refractivity contribution in [1.29, 1.82) is 0 Å². The van der Waals surface area contributed by atoms with Crippen molar-refractivity contribution in [2.24, 2.45) is 11.8 Å². The fourth-order valence-electron chi connectivity index (χ4n) is 5.75. The number of aliphatic carboxylic acids is 1. The van der Waals surface area contributed by atoms with Gasteiger partial charge in [0, 0.05) is 22.6 Å². The number of nitrogens with one attached hydrogen (secondary N) is 2. The second-order valence-electron chi connectivity index (χ2n) is 12.0. The van der Waals surface area contributed by atoms with Gasteiger partial charge in [-0.2, -0.15) is 0 Å². The van der Waals surface area contributed by atoms with Gasteiger partial charge in [0.05, 0.1) is 21.5 Å². The number of amides is 2. The van der Waals surface area contributed by atoms with E-state index in [0.717, 1.165) is 16.7 Å². The standard InChI is InChI=1S/C33H31N5O9/c1-14(2)25(28(41)36-19-10-16(9-17(34)11-19)27(40)35-18-5-7-20(39)8-6-18)37-29(42)21-12-23-24(13-22(21)30(37)43)32(45)38(31(23)44)26(15(3)4)33(46)47/h5-15,25-26,39H,34H2,1-4H3,(H,35,40)(H,36,41)(H,46,47)/t25-,26-/m0/s1. The Kier molecular flexibility index (Phi) is 8.29. The zero-order valence-electron chi connectivity index (χ0n) is 25.7. The quantitative estimate of drug-likeness (QED) is 0.117. The number of nitrogens with zero attached hydrogens (tertiary/aromatic N) is 2. The number of carbonyl (C=O) groups excluding carboxylic acids is 2. The van der Waals surface area contributed by atoms with Gasteiger partial charge in [0.15, 0.2) is 0 Å². The molecule has 0 aliphatic carbocycles. The van der Waals surface area contributed by atoms with Crippen molar-refractivity contribution in [2.75, 3.05) is 16.4 Å². The van der Waals surface area contributed by atoms with Crippen LogP contribution in [0, 0.1) is 11.8 Å². The molecule has 0 spiro atoms. The van der Waals surface area contributed by atoms with Gasteiger partial charge in [-0.15, -0.1) is 0 Å². The Labute approximate surface area is 265 Å². The van der Waals surface area contributed by atoms with Crippen molar-refractivity contribution in [3.05, 3.63) is 102 Å². The van der Waals surface area contributed by atoms with Gasteiger partial charge in [0.1, 0.15) is 17.8 Å². The number of fused-ring (bicyclic) bond motifs is 2. The van der Waals surface area contributed by atoms with Crippen molar-refractivity contribution >= 4 is 56.4 Å². The van der Waals surface area contributed by atoms with Gasteiger partial charge < -0.3 is 26.6 Å². The Bertz CT molecular complexity index is 2210. The minimum atomic E-state index is -1.46. The number of phenols is 1. The molecule has 5 aromatic rings. The van der Waals surface area contributed by atoms with E-state index in [1.807, 2.05) is 0 Å². The molecule has 0 radical (unpaired) electrons. The molecule has 0 aliphatic heterocycles. The summed E-state index contributed by atoms with van der Waals surface area (Å²) in [6, 6.07) is 9.29. The monoisotopic (exact) mass is 641 g/mol. The maximum atomic E-state index is 13.7. The van der Waals surface area contributed by atoms with Gasteiger partial charge >= 0.3 is 5.97 Å². The topological polar surface area (TPSA) is 220 Å². The van der Waals surface area contributed by atoms with Crippen LogP contribution in [-0.4, -0.2) is 37.1 Å². The third-order valence-corrected chi connectivity index (χ3v) is 7.91. The number of phenolic OH excluding ortho intramolecular Hbond substituents is 1. The van der Waals surface area contributed by atoms with Gasteiger partial charge in [-0.3, -0.25) is 37.9 Å². The summed E-state index contributed by atoms with van der Waals surface area (Å²) in [6.45, 7) is 6.32. The van der Waals surface area contributed by atoms with E-state index >= 15 is 0 Å². The van der Waals surface area contributed by atoms with Crippen LogP contribution in [0.3, 0.4) is 0 Å². The van der Waals surface area contributed by atoms with Gasteiger partial charge in [-0.1, -0.05) is 27.7 Å². The summed E-state index contributed by atoms with van der Waals surface area (Å²) in [5.41, 5.74) is 3.19. The van der Waals surface area contributed by atoms with Crippen LogP contribution >= 0.6 is 0 Å². The number of anilines is 3. The van der Waals surface area contributed by atoms with Crippen LogP contribution < -0.4 is 38.6 Å². The van der Waals surface area contributed by atoms with E-state index in [1.54, 1.807) is 27.7 Å². The first kappa shape index (κ1) is 32.3. The largest absolute Gasteiger partial charge is 0.508 e. The van der Waals surface area contributed by atoms with Crippen molar-refractivity contribution in [3.8, 4) is 5.75 Å². The number of hydrogen-bond donors (Lipinski definition) is 5. The summed E-state index contributed by atoms with van der Waals surface area (Å²) in [6.07, 6.45) is 0. The minimum absolute atomic E-state index is 0.0166. The van der Waals surface area contributed by atoms with Crippen molar-refractivity contribution in [3.63, 3.8) is 0 Å². The van der Waals surface area contributed by atoms with Crippen LogP contribution in [0.25, 0.3) is 21.5 Å². The number of aromatic hydroxyl groups is 1. The first-order valence-corrected chi connectivity index (χ1v) is 14.6. The lowest BCUT2D eigenvalue weighted by atomic mass is 10.0. The molecule has 6 N–H and O–H groups in total. The number of carboxylic acids is 1. The molecule has 47 heavy (non-hydrogen) atoms. The number of benzene rings is 3. The van der Waals surface area contributed by atoms with E-state index in [2.05, 4.69) is 10.6 Å². The second kappa shape index (κ2) is 12.0. The summed E-state index contributed by atoms with van der Waals surface area (Å²) in [7, 11) is 0. The highest BCUT2D eigenvalue weighted by Gasteiger charge is 2.32. The molecule has 2 aromatic heterocycles. The highest BCUT2D eigenvalue weighted by Crippen LogP contribution is 2.25. The Morgan fingerprint density at radius 2 is 1.13 bits per heavy atom. The summed E-state index contributed by atoms with van der Waals surface area (Å²) in [4.78, 5) is 92.2. The van der Waals surface area contributed by atoms with Crippen molar-refractivity contribution in [1.82, 2.24) is 9.13 Å². The Morgan fingerprint density at radius 3 is 1.57 bits per heavy atom. The number of nitrogen functional groups attached to an aromatic ring is 1. The lowest BCUT2D eigenvalue weighted by Crippen LogP contribution is -2.40. The molecule has 2 amide bonds. The minimum Gasteiger partial charge on any atom is -0.508 e. The Balaban J connectivity index is 1.53. The number of carboxylic acid groups (broad SMARTS) is 1. The third kappa shape index (κ3) is 5.76. The molecular weight excluding hydrogens is 610 g/mol. The van der Waals surface area contributed by atoms with Gasteiger partial charge in [0.2, 0.25) is 5.91 Å². The van der Waals surface area contributed by atoms with E-state index in [9.17, 15) is 43.8 Å². The Hall–Kier alpha value is -6.05. The second-order valence-corrected chi connectivity index (χ2v) is 12.0. The average molecular weight is 642 g/mol. The highest BCUT2D eigenvalue weighted by molar-refractivity contribution is 6.06. The molecule has 2 atom stereocenters. The zero-order chi connectivity index (χ0) is 34.5. The highest BCUT2D eigenvalue weighted by atomic mass is 16.4. The first-order valence-electron chi connectivity index (χ1n) is 14.6. The van der Waals surface area contributed by atoms with Crippen LogP contribution in [0.2, 0.25) is 0 Å². The molecular formula is C33H31N5O9. The fraction of sp³-hybridized carbons (Fsp3) is 0.242. The molecule has 0 saturated heterocycles. The molecule has 0 saturated carbocycles. The van der Waals surface area contributed by atoms with Gasteiger partial charge in [-0.25, -0.2) is 4.79 Å². The SMILES string of the molecule is CC(C)[C@@H](C(=O)O)n1c(=O)c2cc3c(=O)n([C@H](C(=O)Nc4cc(N)cc(C(=O)Nc5ccc(O)cc5)c4)C(C)C)c(=O)c3cc2c1=O. The molecule has 0 fully saturated rings. The predicted molar refractivity (Wildman–Crippen MR) is 176 cm³/mol. The average Bonchev–Trinajstić information content (AvgIpc) is 3.37. The molecule has 242 valence electrons. The van der Waals surface area contributed by atoms with Gasteiger partial charge in [0.25, 0.3) is 28.1 Å². The van der Waals surface area contributed by atoms with Crippen molar-refractivity contribution in [2.45, 2.75) is 39.8 Å². The summed E-state index contributed by atoms with van der Waals surface area (Å²) in [5.74, 6) is -3.91. The van der Waals surface area contributed by atoms with E-state index in [-0.39, 0.29) is 44.2 Å². The maximum Gasteiger partial charge on any atom is 0.327 e. The third-order valence-electron chi connectivity index (χ3n) is 7.91. The first-order chi connectivity index (χ1) is 22.1. The van der Waals surface area contributed by atoms with Gasteiger partial charge in [-0.05, 0) is 66.4 Å². The lowest BCUT2D eigenvalue weighted by Gasteiger charge is -2.21. The smallest absolute Gasteiger partial charge is 0.327 e. The molecule has 0 unspecified atom stereocenters. The number of hydrogen-bond acceptors (Lipinski definition) is 9. The molecule has 5 rings (SSSR count). The predicted octanol–water partition coefficient (Wildman–Crippen LogP) is 2.57. The van der Waals surface area contributed by atoms with E-state index in [0.29, 0.717) is 10.3 Å². The van der Waals surface area contributed by atoms with Crippen molar-refractivity contribution < 1.29 is 24.6 Å². The molecule has 3 aromatic carbocycles. The van der Waals surface area contributed by atoms with Crippen LogP contribution in [-0.2, 0) is 9.59 Å². The molecule has 2 heterocycles. The summed E-state index contributed by atoms with van der Waals surface area (Å²) < 4.78 is 1.38. The van der Waals surface area contributed by atoms with E-state index in [1.165, 1.54) is 42.5 Å². The molecule has 0 bridgehead atoms. The number of nitrogens with two attached hydrogens (primary N) is 1. The number of aromatic nitrogens is 2. The molecule has 14 nitrogen and oxygen atoms in total. The zero-order valence-corrected chi connectivity index (χ0v) is 25.7. The molecule has 0 aliphatic rings.